The number of Topliss-reactive ketones (excluding diaryl/α,β-unsaturated/α-hetero) is 1. The lowest BCUT2D eigenvalue weighted by molar-refractivity contribution is -0.119. The Morgan fingerprint density at radius 3 is 2.57 bits per heavy atom. The summed E-state index contributed by atoms with van der Waals surface area (Å²) in [4.78, 5) is 26.7. The molecule has 21 heavy (non-hydrogen) atoms. The van der Waals surface area contributed by atoms with E-state index in [-0.39, 0.29) is 11.7 Å². The molecule has 0 fully saturated rings. The Morgan fingerprint density at radius 2 is 2.00 bits per heavy atom. The minimum atomic E-state index is -0.0728. The zero-order valence-electron chi connectivity index (χ0n) is 12.5. The van der Waals surface area contributed by atoms with Crippen molar-refractivity contribution in [3.63, 3.8) is 0 Å². The molecular formula is C14H20N2O2S3. The van der Waals surface area contributed by atoms with E-state index >= 15 is 0 Å². The van der Waals surface area contributed by atoms with Crippen molar-refractivity contribution in [3.8, 4) is 0 Å². The third kappa shape index (κ3) is 6.15. The van der Waals surface area contributed by atoms with Gasteiger partial charge in [0.2, 0.25) is 5.91 Å². The number of rotatable bonds is 7. The average Bonchev–Trinajstić information content (AvgIpc) is 2.92. The molecular weight excluding hydrogens is 324 g/mol. The van der Waals surface area contributed by atoms with Crippen molar-refractivity contribution in [2.75, 3.05) is 18.8 Å². The van der Waals surface area contributed by atoms with Gasteiger partial charge >= 0.3 is 0 Å². The van der Waals surface area contributed by atoms with E-state index in [0.717, 1.165) is 22.3 Å². The molecule has 0 aliphatic rings. The van der Waals surface area contributed by atoms with Crippen molar-refractivity contribution in [1.29, 1.82) is 0 Å². The van der Waals surface area contributed by atoms with Crippen LogP contribution in [-0.2, 0) is 11.3 Å². The van der Waals surface area contributed by atoms with Crippen molar-refractivity contribution >= 4 is 51.3 Å². The molecule has 0 atom stereocenters. The van der Waals surface area contributed by atoms with Gasteiger partial charge in [0.05, 0.1) is 17.2 Å². The number of thioether (sulfide) groups is 1. The lowest BCUT2D eigenvalue weighted by Crippen LogP contribution is -2.27. The zero-order chi connectivity index (χ0) is 15.8. The van der Waals surface area contributed by atoms with E-state index in [0.29, 0.717) is 17.2 Å². The SMILES string of the molecule is CCN(CC)C(=S)SCC(=O)c1ccc(CNC(C)=O)s1. The minimum Gasteiger partial charge on any atom is -0.358 e. The minimum absolute atomic E-state index is 0.0728. The van der Waals surface area contributed by atoms with Gasteiger partial charge in [-0.05, 0) is 26.0 Å². The Morgan fingerprint density at radius 1 is 1.33 bits per heavy atom. The summed E-state index contributed by atoms with van der Waals surface area (Å²) in [5.74, 6) is 0.361. The number of amides is 1. The second-order valence-corrected chi connectivity index (χ2v) is 7.10. The second-order valence-electron chi connectivity index (χ2n) is 4.33. The molecule has 0 aliphatic carbocycles. The Balaban J connectivity index is 2.49. The van der Waals surface area contributed by atoms with Crippen LogP contribution in [0, 0.1) is 0 Å². The number of ketones is 1. The third-order valence-corrected chi connectivity index (χ3v) is 5.45. The van der Waals surface area contributed by atoms with E-state index in [9.17, 15) is 9.59 Å². The number of thiophene rings is 1. The maximum atomic E-state index is 12.1. The molecule has 0 saturated heterocycles. The molecule has 7 heteroatoms. The van der Waals surface area contributed by atoms with Crippen LogP contribution in [0.1, 0.15) is 35.3 Å². The second kappa shape index (κ2) is 9.17. The van der Waals surface area contributed by atoms with Crippen LogP contribution >= 0.6 is 35.3 Å². The van der Waals surface area contributed by atoms with Gasteiger partial charge in [0.1, 0.15) is 4.32 Å². The van der Waals surface area contributed by atoms with Crippen LogP contribution in [-0.4, -0.2) is 39.8 Å². The molecule has 1 aromatic heterocycles. The highest BCUT2D eigenvalue weighted by Crippen LogP contribution is 2.19. The molecule has 1 N–H and O–H groups in total. The van der Waals surface area contributed by atoms with Crippen LogP contribution in [0.4, 0.5) is 0 Å². The van der Waals surface area contributed by atoms with Gasteiger partial charge in [-0.25, -0.2) is 0 Å². The summed E-state index contributed by atoms with van der Waals surface area (Å²) in [6.45, 7) is 7.76. The van der Waals surface area contributed by atoms with E-state index in [2.05, 4.69) is 10.2 Å². The highest BCUT2D eigenvalue weighted by molar-refractivity contribution is 8.23. The summed E-state index contributed by atoms with van der Waals surface area (Å²) in [6.07, 6.45) is 0. The Bertz CT molecular complexity index is 510. The summed E-state index contributed by atoms with van der Waals surface area (Å²) >= 11 is 8.14. The van der Waals surface area contributed by atoms with Crippen molar-refractivity contribution < 1.29 is 9.59 Å². The lowest BCUT2D eigenvalue weighted by atomic mass is 10.3. The van der Waals surface area contributed by atoms with Gasteiger partial charge in [-0.3, -0.25) is 9.59 Å². The maximum absolute atomic E-state index is 12.1. The van der Waals surface area contributed by atoms with E-state index < -0.39 is 0 Å². The molecule has 0 bridgehead atoms. The summed E-state index contributed by atoms with van der Waals surface area (Å²) in [6, 6.07) is 3.69. The van der Waals surface area contributed by atoms with Crippen molar-refractivity contribution in [2.24, 2.45) is 0 Å². The van der Waals surface area contributed by atoms with Crippen molar-refractivity contribution in [2.45, 2.75) is 27.3 Å². The van der Waals surface area contributed by atoms with Gasteiger partial charge in [-0.2, -0.15) is 0 Å². The van der Waals surface area contributed by atoms with Gasteiger partial charge in [0.25, 0.3) is 0 Å². The molecule has 4 nitrogen and oxygen atoms in total. The average molecular weight is 345 g/mol. The highest BCUT2D eigenvalue weighted by atomic mass is 32.2. The standard InChI is InChI=1S/C14H20N2O2S3/c1-4-16(5-2)14(19)20-9-12(18)13-7-6-11(21-13)8-15-10(3)17/h6-7H,4-5,8-9H2,1-3H3,(H,15,17). The van der Waals surface area contributed by atoms with Crippen LogP contribution in [0.15, 0.2) is 12.1 Å². The fourth-order valence-electron chi connectivity index (χ4n) is 1.61. The zero-order valence-corrected chi connectivity index (χ0v) is 14.9. The molecule has 0 saturated carbocycles. The van der Waals surface area contributed by atoms with Gasteiger partial charge in [-0.15, -0.1) is 11.3 Å². The molecule has 1 rings (SSSR count). The van der Waals surface area contributed by atoms with Crippen molar-refractivity contribution in [3.05, 3.63) is 21.9 Å². The highest BCUT2D eigenvalue weighted by Gasteiger charge is 2.13. The van der Waals surface area contributed by atoms with E-state index in [4.69, 9.17) is 12.2 Å². The van der Waals surface area contributed by atoms with E-state index in [1.165, 1.54) is 30.0 Å². The predicted molar refractivity (Wildman–Crippen MR) is 94.1 cm³/mol. The van der Waals surface area contributed by atoms with Gasteiger partial charge < -0.3 is 10.2 Å². The molecule has 0 aromatic carbocycles. The monoisotopic (exact) mass is 344 g/mol. The molecule has 0 unspecified atom stereocenters. The first kappa shape index (κ1) is 18.1. The number of hydrogen-bond acceptors (Lipinski definition) is 5. The Labute approximate surface area is 139 Å². The molecule has 0 aliphatic heterocycles. The largest absolute Gasteiger partial charge is 0.358 e. The maximum Gasteiger partial charge on any atom is 0.217 e. The first-order valence-corrected chi connectivity index (χ1v) is 8.97. The van der Waals surface area contributed by atoms with E-state index in [1.807, 2.05) is 26.0 Å². The van der Waals surface area contributed by atoms with Crippen LogP contribution in [0.25, 0.3) is 0 Å². The first-order chi connectivity index (χ1) is 9.97. The summed E-state index contributed by atoms with van der Waals surface area (Å²) in [5, 5.41) is 2.72. The molecule has 0 spiro atoms. The molecule has 1 aromatic rings. The Hall–Kier alpha value is -0.920. The third-order valence-electron chi connectivity index (χ3n) is 2.80. The van der Waals surface area contributed by atoms with E-state index in [1.54, 1.807) is 0 Å². The molecule has 1 heterocycles. The summed E-state index contributed by atoms with van der Waals surface area (Å²) in [5.41, 5.74) is 0. The fraction of sp³-hybridized carbons (Fsp3) is 0.500. The number of hydrogen-bond donors (Lipinski definition) is 1. The normalized spacial score (nSPS) is 10.2. The van der Waals surface area contributed by atoms with Crippen molar-refractivity contribution in [1.82, 2.24) is 10.2 Å². The van der Waals surface area contributed by atoms with Gasteiger partial charge in [0, 0.05) is 24.9 Å². The molecule has 116 valence electrons. The van der Waals surface area contributed by atoms with Crippen LogP contribution in [0.5, 0.6) is 0 Å². The summed E-state index contributed by atoms with van der Waals surface area (Å²) in [7, 11) is 0. The van der Waals surface area contributed by atoms with Crippen LogP contribution < -0.4 is 5.32 Å². The Kier molecular flexibility index (Phi) is 7.92. The smallest absolute Gasteiger partial charge is 0.217 e. The predicted octanol–water partition coefficient (Wildman–Crippen LogP) is 2.93. The number of nitrogens with zero attached hydrogens (tertiary/aromatic N) is 1. The van der Waals surface area contributed by atoms with Gasteiger partial charge in [-0.1, -0.05) is 24.0 Å². The summed E-state index contributed by atoms with van der Waals surface area (Å²) < 4.78 is 0.767. The molecule has 0 radical (unpaired) electrons. The lowest BCUT2D eigenvalue weighted by Gasteiger charge is -2.20. The van der Waals surface area contributed by atoms with Crippen LogP contribution in [0.3, 0.4) is 0 Å². The molecule has 1 amide bonds. The fourth-order valence-corrected chi connectivity index (χ4v) is 3.87. The first-order valence-electron chi connectivity index (χ1n) is 6.76. The topological polar surface area (TPSA) is 49.4 Å². The van der Waals surface area contributed by atoms with Gasteiger partial charge in [0.15, 0.2) is 5.78 Å². The number of thiocarbonyl (C=S) groups is 1. The van der Waals surface area contributed by atoms with Crippen LogP contribution in [0.2, 0.25) is 0 Å². The number of carbonyl (C=O) groups excluding carboxylic acids is 2. The number of carbonyl (C=O) groups is 2. The number of nitrogens with one attached hydrogen (secondary N) is 1. The quantitative estimate of drug-likeness (QED) is 0.609.